The predicted octanol–water partition coefficient (Wildman–Crippen LogP) is 2.10. The highest BCUT2D eigenvalue weighted by Gasteiger charge is 2.27. The Morgan fingerprint density at radius 2 is 1.67 bits per heavy atom. The maximum Gasteiger partial charge on any atom is 0.306 e. The molecule has 0 atom stereocenters. The molecule has 0 radical (unpaired) electrons. The van der Waals surface area contributed by atoms with Crippen LogP contribution in [0, 0.1) is 30.2 Å². The van der Waals surface area contributed by atoms with E-state index in [1.54, 1.807) is 0 Å². The van der Waals surface area contributed by atoms with Gasteiger partial charge in [0.1, 0.15) is 5.69 Å². The Bertz CT molecular complexity index is 847. The molecule has 1 aromatic carbocycles. The normalized spacial score (nSPS) is 11.7. The number of hydrogen-bond acceptors (Lipinski definition) is 4. The number of anilines is 1. The van der Waals surface area contributed by atoms with Crippen molar-refractivity contribution in [2.24, 2.45) is 0 Å². The van der Waals surface area contributed by atoms with Crippen LogP contribution in [0.4, 0.5) is 23.2 Å². The lowest BCUT2D eigenvalue weighted by Crippen LogP contribution is -2.16. The molecule has 0 spiro atoms. The first-order chi connectivity index (χ1) is 9.63. The molecule has 114 valence electrons. The van der Waals surface area contributed by atoms with E-state index < -0.39 is 48.1 Å². The van der Waals surface area contributed by atoms with Gasteiger partial charge in [-0.15, -0.1) is 0 Å². The van der Waals surface area contributed by atoms with E-state index in [9.17, 15) is 30.8 Å². The Morgan fingerprint density at radius 3 is 2.10 bits per heavy atom. The van der Waals surface area contributed by atoms with Crippen molar-refractivity contribution in [3.8, 4) is 0 Å². The fraction of sp³-hybridized carbons (Fsp3) is 0.100. The molecule has 11 heteroatoms. The van der Waals surface area contributed by atoms with E-state index in [4.69, 9.17) is 0 Å². The number of aromatic nitrogens is 1. The van der Waals surface area contributed by atoms with Crippen LogP contribution >= 0.6 is 11.3 Å². The minimum absolute atomic E-state index is 0.0532. The minimum atomic E-state index is -4.58. The van der Waals surface area contributed by atoms with Crippen LogP contribution in [0.5, 0.6) is 0 Å². The maximum absolute atomic E-state index is 13.4. The van der Waals surface area contributed by atoms with Gasteiger partial charge in [-0.3, -0.25) is 9.52 Å². The van der Waals surface area contributed by atoms with E-state index in [2.05, 4.69) is 4.98 Å². The third-order valence-corrected chi connectivity index (χ3v) is 5.33. The third-order valence-electron chi connectivity index (χ3n) is 2.37. The number of sulfonamides is 1. The lowest BCUT2D eigenvalue weighted by Gasteiger charge is -2.10. The van der Waals surface area contributed by atoms with Gasteiger partial charge in [0, 0.05) is 11.8 Å². The number of halogens is 4. The van der Waals surface area contributed by atoms with E-state index >= 15 is 0 Å². The number of aromatic amines is 1. The van der Waals surface area contributed by atoms with Crippen molar-refractivity contribution in [3.05, 3.63) is 44.7 Å². The van der Waals surface area contributed by atoms with E-state index in [-0.39, 0.29) is 23.1 Å². The summed E-state index contributed by atoms with van der Waals surface area (Å²) in [5.74, 6) is -7.30. The van der Waals surface area contributed by atoms with Crippen LogP contribution in [0.3, 0.4) is 0 Å². The van der Waals surface area contributed by atoms with E-state index in [0.717, 1.165) is 0 Å². The summed E-state index contributed by atoms with van der Waals surface area (Å²) in [6.45, 7) is 1.24. The van der Waals surface area contributed by atoms with Crippen LogP contribution in [-0.2, 0) is 10.0 Å². The van der Waals surface area contributed by atoms with Crippen molar-refractivity contribution in [1.29, 1.82) is 0 Å². The van der Waals surface area contributed by atoms with Gasteiger partial charge < -0.3 is 4.98 Å². The number of H-pyrrole nitrogens is 1. The molecule has 2 N–H and O–H groups in total. The second-order valence-electron chi connectivity index (χ2n) is 3.88. The van der Waals surface area contributed by atoms with Crippen molar-refractivity contribution in [2.75, 3.05) is 4.72 Å². The molecule has 0 aliphatic rings. The fourth-order valence-electron chi connectivity index (χ4n) is 1.49. The Labute approximate surface area is 119 Å². The number of benzene rings is 1. The maximum atomic E-state index is 13.4. The summed E-state index contributed by atoms with van der Waals surface area (Å²) in [5, 5.41) is 0. The SMILES string of the molecule is Cc1[nH]c(=O)sc1S(=O)(=O)Nc1c(F)c(F)cc(F)c1F. The van der Waals surface area contributed by atoms with Crippen LogP contribution in [0.1, 0.15) is 5.69 Å². The summed E-state index contributed by atoms with van der Waals surface area (Å²) in [6, 6.07) is -0.0532. The lowest BCUT2D eigenvalue weighted by atomic mass is 10.3. The summed E-state index contributed by atoms with van der Waals surface area (Å²) >= 11 is 0.267. The molecule has 2 aromatic rings. The highest BCUT2D eigenvalue weighted by Crippen LogP contribution is 2.27. The molecular weight excluding hydrogens is 336 g/mol. The van der Waals surface area contributed by atoms with Gasteiger partial charge in [0.25, 0.3) is 10.0 Å². The summed E-state index contributed by atoms with van der Waals surface area (Å²) in [7, 11) is -4.58. The van der Waals surface area contributed by atoms with Crippen molar-refractivity contribution < 1.29 is 26.0 Å². The lowest BCUT2D eigenvalue weighted by molar-refractivity contribution is 0.459. The van der Waals surface area contributed by atoms with Gasteiger partial charge in [-0.1, -0.05) is 11.3 Å². The van der Waals surface area contributed by atoms with Gasteiger partial charge in [0.05, 0.1) is 0 Å². The van der Waals surface area contributed by atoms with Crippen LogP contribution in [-0.4, -0.2) is 13.4 Å². The van der Waals surface area contributed by atoms with E-state index in [0.29, 0.717) is 0 Å². The van der Waals surface area contributed by atoms with Gasteiger partial charge in [0.15, 0.2) is 27.5 Å². The molecule has 0 saturated carbocycles. The van der Waals surface area contributed by atoms with Gasteiger partial charge in [0.2, 0.25) is 0 Å². The fourth-order valence-corrected chi connectivity index (χ4v) is 3.85. The molecule has 0 aliphatic carbocycles. The number of thiazole rings is 1. The topological polar surface area (TPSA) is 79.0 Å². The number of rotatable bonds is 3. The Hall–Kier alpha value is -1.88. The molecule has 0 aliphatic heterocycles. The minimum Gasteiger partial charge on any atom is -0.315 e. The Balaban J connectivity index is 2.57. The highest BCUT2D eigenvalue weighted by molar-refractivity contribution is 7.94. The van der Waals surface area contributed by atoms with Crippen molar-refractivity contribution in [2.45, 2.75) is 11.1 Å². The van der Waals surface area contributed by atoms with Gasteiger partial charge in [-0.25, -0.2) is 26.0 Å². The molecule has 0 saturated heterocycles. The third kappa shape index (κ3) is 2.78. The second kappa shape index (κ2) is 5.15. The molecule has 21 heavy (non-hydrogen) atoms. The molecule has 1 aromatic heterocycles. The quantitative estimate of drug-likeness (QED) is 0.662. The van der Waals surface area contributed by atoms with Gasteiger partial charge in [-0.2, -0.15) is 0 Å². The first kappa shape index (κ1) is 15.5. The zero-order chi connectivity index (χ0) is 15.9. The summed E-state index contributed by atoms with van der Waals surface area (Å²) < 4.78 is 77.6. The van der Waals surface area contributed by atoms with Crippen LogP contribution in [0.2, 0.25) is 0 Å². The van der Waals surface area contributed by atoms with Crippen LogP contribution < -0.4 is 9.60 Å². The Morgan fingerprint density at radius 1 is 1.14 bits per heavy atom. The van der Waals surface area contributed by atoms with Crippen LogP contribution in [0.15, 0.2) is 15.1 Å². The number of aryl methyl sites for hydroxylation is 1. The molecule has 0 amide bonds. The molecule has 0 fully saturated rings. The average Bonchev–Trinajstić information content (AvgIpc) is 2.72. The van der Waals surface area contributed by atoms with Crippen molar-refractivity contribution >= 4 is 27.0 Å². The Kier molecular flexibility index (Phi) is 3.80. The summed E-state index contributed by atoms with van der Waals surface area (Å²) in [6.07, 6.45) is 0. The van der Waals surface area contributed by atoms with E-state index in [1.165, 1.54) is 11.6 Å². The first-order valence-electron chi connectivity index (χ1n) is 5.19. The van der Waals surface area contributed by atoms with Crippen molar-refractivity contribution in [1.82, 2.24) is 4.98 Å². The van der Waals surface area contributed by atoms with Gasteiger partial charge in [-0.05, 0) is 6.92 Å². The van der Waals surface area contributed by atoms with E-state index in [1.807, 2.05) is 0 Å². The second-order valence-corrected chi connectivity index (χ2v) is 6.74. The number of hydrogen-bond donors (Lipinski definition) is 2. The molecule has 0 unspecified atom stereocenters. The molecule has 1 heterocycles. The predicted molar refractivity (Wildman–Crippen MR) is 66.8 cm³/mol. The summed E-state index contributed by atoms with van der Waals surface area (Å²) in [4.78, 5) is 12.5. The first-order valence-corrected chi connectivity index (χ1v) is 7.49. The highest BCUT2D eigenvalue weighted by atomic mass is 32.2. The van der Waals surface area contributed by atoms with Gasteiger partial charge >= 0.3 is 4.87 Å². The molecule has 2 rings (SSSR count). The monoisotopic (exact) mass is 342 g/mol. The smallest absolute Gasteiger partial charge is 0.306 e. The average molecular weight is 342 g/mol. The van der Waals surface area contributed by atoms with Crippen molar-refractivity contribution in [3.63, 3.8) is 0 Å². The molecule has 0 bridgehead atoms. The summed E-state index contributed by atoms with van der Waals surface area (Å²) in [5.41, 5.74) is -1.57. The zero-order valence-electron chi connectivity index (χ0n) is 10.1. The largest absolute Gasteiger partial charge is 0.315 e. The molecular formula is C10H6F4N2O3S2. The van der Waals surface area contributed by atoms with Crippen LogP contribution in [0.25, 0.3) is 0 Å². The zero-order valence-corrected chi connectivity index (χ0v) is 11.8. The number of nitrogens with one attached hydrogen (secondary N) is 2. The standard InChI is InChI=1S/C10H6F4N2O3S2/c1-3-9(20-10(17)15-3)21(18,19)16-8-6(13)4(11)2-5(12)7(8)14/h2,16H,1H3,(H,15,17). The molecule has 5 nitrogen and oxygen atoms in total.